The van der Waals surface area contributed by atoms with E-state index in [4.69, 9.17) is 5.73 Å². The van der Waals surface area contributed by atoms with Crippen LogP contribution in [0.5, 0.6) is 0 Å². The summed E-state index contributed by atoms with van der Waals surface area (Å²) in [6.07, 6.45) is 5.77. The zero-order chi connectivity index (χ0) is 15.6. The summed E-state index contributed by atoms with van der Waals surface area (Å²) in [7, 11) is -2.29. The highest BCUT2D eigenvalue weighted by atomic mass is 32.2. The fourth-order valence-electron chi connectivity index (χ4n) is 2.54. The highest BCUT2D eigenvalue weighted by Gasteiger charge is 2.31. The van der Waals surface area contributed by atoms with Crippen molar-refractivity contribution in [1.82, 2.24) is 9.29 Å². The Morgan fingerprint density at radius 1 is 1.38 bits per heavy atom. The Bertz CT molecular complexity index is 641. The lowest BCUT2D eigenvalue weighted by Gasteiger charge is -2.30. The summed E-state index contributed by atoms with van der Waals surface area (Å²) in [6.45, 7) is 0. The van der Waals surface area contributed by atoms with Gasteiger partial charge in [0, 0.05) is 25.4 Å². The van der Waals surface area contributed by atoms with Gasteiger partial charge >= 0.3 is 5.69 Å². The van der Waals surface area contributed by atoms with Gasteiger partial charge < -0.3 is 5.73 Å². The molecule has 0 aromatic carbocycles. The second kappa shape index (κ2) is 5.94. The summed E-state index contributed by atoms with van der Waals surface area (Å²) < 4.78 is 26.4. The first-order valence-corrected chi connectivity index (χ1v) is 8.16. The Morgan fingerprint density at radius 2 is 2.00 bits per heavy atom. The van der Waals surface area contributed by atoms with Gasteiger partial charge in [-0.1, -0.05) is 19.3 Å². The van der Waals surface area contributed by atoms with Gasteiger partial charge in [0.05, 0.1) is 4.92 Å². The van der Waals surface area contributed by atoms with Crippen molar-refractivity contribution in [2.24, 2.45) is 0 Å². The Balaban J connectivity index is 2.34. The molecule has 0 radical (unpaired) electrons. The van der Waals surface area contributed by atoms with Gasteiger partial charge in [-0.25, -0.2) is 13.4 Å². The first-order valence-electron chi connectivity index (χ1n) is 6.72. The Hall–Kier alpha value is -1.74. The fraction of sp³-hybridized carbons (Fsp3) is 0.583. The number of hydrogen-bond donors (Lipinski definition) is 1. The lowest BCUT2D eigenvalue weighted by atomic mass is 9.96. The number of nitrogens with zero attached hydrogens (tertiary/aromatic N) is 3. The number of pyridine rings is 1. The standard InChI is InChI=1S/C12H18N4O4S/c1-15(9-5-3-2-4-6-9)21(19,20)10-7-11(16(17)18)12(13)14-8-10/h7-9H,2-6H2,1H3,(H2,13,14). The molecule has 0 unspecified atom stereocenters. The van der Waals surface area contributed by atoms with E-state index in [1.165, 1.54) is 11.4 Å². The molecule has 0 spiro atoms. The molecule has 116 valence electrons. The van der Waals surface area contributed by atoms with Gasteiger partial charge in [-0.3, -0.25) is 10.1 Å². The number of rotatable bonds is 4. The van der Waals surface area contributed by atoms with Gasteiger partial charge in [0.2, 0.25) is 15.8 Å². The molecule has 0 bridgehead atoms. The van der Waals surface area contributed by atoms with Crippen molar-refractivity contribution >= 4 is 21.5 Å². The van der Waals surface area contributed by atoms with Crippen LogP contribution < -0.4 is 5.73 Å². The summed E-state index contributed by atoms with van der Waals surface area (Å²) in [5, 5.41) is 10.8. The second-order valence-electron chi connectivity index (χ2n) is 5.15. The van der Waals surface area contributed by atoms with Gasteiger partial charge in [-0.05, 0) is 12.8 Å². The summed E-state index contributed by atoms with van der Waals surface area (Å²) >= 11 is 0. The topological polar surface area (TPSA) is 119 Å². The van der Waals surface area contributed by atoms with Crippen LogP contribution in [0.15, 0.2) is 17.2 Å². The maximum Gasteiger partial charge on any atom is 0.312 e. The maximum absolute atomic E-state index is 12.5. The zero-order valence-electron chi connectivity index (χ0n) is 11.7. The van der Waals surface area contributed by atoms with Crippen molar-refractivity contribution in [3.05, 3.63) is 22.4 Å². The molecule has 1 saturated carbocycles. The van der Waals surface area contributed by atoms with E-state index in [1.54, 1.807) is 0 Å². The van der Waals surface area contributed by atoms with Crippen LogP contribution in [0.3, 0.4) is 0 Å². The maximum atomic E-state index is 12.5. The molecule has 0 atom stereocenters. The SMILES string of the molecule is CN(C1CCCCC1)S(=O)(=O)c1cnc(N)c([N+](=O)[O-])c1. The molecule has 2 N–H and O–H groups in total. The molecular weight excluding hydrogens is 296 g/mol. The van der Waals surface area contributed by atoms with Gasteiger partial charge in [0.25, 0.3) is 0 Å². The first kappa shape index (κ1) is 15.6. The minimum absolute atomic E-state index is 0.0691. The number of nitrogens with two attached hydrogens (primary N) is 1. The summed E-state index contributed by atoms with van der Waals surface area (Å²) in [5.41, 5.74) is 4.90. The molecule has 1 heterocycles. The molecule has 1 fully saturated rings. The van der Waals surface area contributed by atoms with Crippen LogP contribution in [0.1, 0.15) is 32.1 Å². The minimum Gasteiger partial charge on any atom is -0.378 e. The third-order valence-corrected chi connectivity index (χ3v) is 5.71. The first-order chi connectivity index (χ1) is 9.84. The highest BCUT2D eigenvalue weighted by molar-refractivity contribution is 7.89. The molecular formula is C12H18N4O4S. The lowest BCUT2D eigenvalue weighted by Crippen LogP contribution is -2.38. The predicted molar refractivity (Wildman–Crippen MR) is 77.1 cm³/mol. The predicted octanol–water partition coefficient (Wildman–Crippen LogP) is 1.53. The quantitative estimate of drug-likeness (QED) is 0.664. The molecule has 21 heavy (non-hydrogen) atoms. The fourth-order valence-corrected chi connectivity index (χ4v) is 3.92. The van der Waals surface area contributed by atoms with Crippen LogP contribution >= 0.6 is 0 Å². The monoisotopic (exact) mass is 314 g/mol. The minimum atomic E-state index is -3.80. The van der Waals surface area contributed by atoms with Crippen LogP contribution in [0.25, 0.3) is 0 Å². The smallest absolute Gasteiger partial charge is 0.312 e. The van der Waals surface area contributed by atoms with Crippen LogP contribution in [-0.2, 0) is 10.0 Å². The Morgan fingerprint density at radius 3 is 2.57 bits per heavy atom. The molecule has 0 saturated heterocycles. The van der Waals surface area contributed by atoms with Crippen LogP contribution in [-0.4, -0.2) is 35.7 Å². The van der Waals surface area contributed by atoms with Gasteiger partial charge in [0.1, 0.15) is 4.90 Å². The van der Waals surface area contributed by atoms with E-state index < -0.39 is 20.6 Å². The number of anilines is 1. The normalized spacial score (nSPS) is 17.0. The van der Waals surface area contributed by atoms with Crippen LogP contribution in [0, 0.1) is 10.1 Å². The molecule has 1 aromatic rings. The van der Waals surface area contributed by atoms with Crippen molar-refractivity contribution in [1.29, 1.82) is 0 Å². The van der Waals surface area contributed by atoms with E-state index in [0.29, 0.717) is 0 Å². The Kier molecular flexibility index (Phi) is 4.43. The molecule has 2 rings (SSSR count). The van der Waals surface area contributed by atoms with Crippen molar-refractivity contribution < 1.29 is 13.3 Å². The molecule has 1 aliphatic carbocycles. The summed E-state index contributed by atoms with van der Waals surface area (Å²) in [4.78, 5) is 13.5. The molecule has 0 amide bonds. The number of aromatic nitrogens is 1. The second-order valence-corrected chi connectivity index (χ2v) is 7.14. The lowest BCUT2D eigenvalue weighted by molar-refractivity contribution is -0.384. The number of hydrogen-bond acceptors (Lipinski definition) is 6. The molecule has 9 heteroatoms. The van der Waals surface area contributed by atoms with Gasteiger partial charge in [-0.2, -0.15) is 4.31 Å². The van der Waals surface area contributed by atoms with E-state index in [2.05, 4.69) is 4.98 Å². The average molecular weight is 314 g/mol. The number of sulfonamides is 1. The van der Waals surface area contributed by atoms with Gasteiger partial charge in [0.15, 0.2) is 0 Å². The van der Waals surface area contributed by atoms with Crippen LogP contribution in [0.4, 0.5) is 11.5 Å². The number of nitro groups is 1. The number of nitrogen functional groups attached to an aromatic ring is 1. The van der Waals surface area contributed by atoms with Crippen molar-refractivity contribution in [2.45, 2.75) is 43.0 Å². The van der Waals surface area contributed by atoms with Crippen molar-refractivity contribution in [3.63, 3.8) is 0 Å². The average Bonchev–Trinajstić information content (AvgIpc) is 2.47. The van der Waals surface area contributed by atoms with E-state index in [1.807, 2.05) is 0 Å². The summed E-state index contributed by atoms with van der Waals surface area (Å²) in [5.74, 6) is -0.292. The largest absolute Gasteiger partial charge is 0.378 e. The summed E-state index contributed by atoms with van der Waals surface area (Å²) in [6, 6.07) is 0.900. The molecule has 1 aromatic heterocycles. The highest BCUT2D eigenvalue weighted by Crippen LogP contribution is 2.28. The van der Waals surface area contributed by atoms with E-state index in [0.717, 1.165) is 44.4 Å². The molecule has 8 nitrogen and oxygen atoms in total. The molecule has 1 aliphatic rings. The third kappa shape index (κ3) is 3.13. The Labute approximate surface area is 123 Å². The van der Waals surface area contributed by atoms with E-state index >= 15 is 0 Å². The zero-order valence-corrected chi connectivity index (χ0v) is 12.5. The van der Waals surface area contributed by atoms with Gasteiger partial charge in [-0.15, -0.1) is 0 Å². The van der Waals surface area contributed by atoms with Crippen molar-refractivity contribution in [3.8, 4) is 0 Å². The van der Waals surface area contributed by atoms with E-state index in [-0.39, 0.29) is 16.8 Å². The van der Waals surface area contributed by atoms with Crippen LogP contribution in [0.2, 0.25) is 0 Å². The molecule has 0 aliphatic heterocycles. The third-order valence-electron chi connectivity index (χ3n) is 3.83. The van der Waals surface area contributed by atoms with Crippen molar-refractivity contribution in [2.75, 3.05) is 12.8 Å². The van der Waals surface area contributed by atoms with E-state index in [9.17, 15) is 18.5 Å².